The third kappa shape index (κ3) is 5.40. The first-order chi connectivity index (χ1) is 11.6. The number of hydrazine groups is 1. The fourth-order valence-electron chi connectivity index (χ4n) is 1.74. The molecule has 3 N–H and O–H groups in total. The number of carbonyl (C=O) groups excluding carboxylic acids is 3. The number of amides is 3. The van der Waals surface area contributed by atoms with Crippen molar-refractivity contribution in [2.75, 3.05) is 13.2 Å². The van der Waals surface area contributed by atoms with Gasteiger partial charge in [-0.2, -0.15) is 0 Å². The van der Waals surface area contributed by atoms with Crippen LogP contribution in [0, 0.1) is 6.92 Å². The van der Waals surface area contributed by atoms with Crippen LogP contribution in [0.4, 0.5) is 0 Å². The smallest absolute Gasteiger partial charge is 0.276 e. The average Bonchev–Trinajstić information content (AvgIpc) is 3.11. The minimum Gasteiger partial charge on any atom is -0.483 e. The van der Waals surface area contributed by atoms with Crippen molar-refractivity contribution < 1.29 is 19.1 Å². The normalized spacial score (nSPS) is 9.88. The summed E-state index contributed by atoms with van der Waals surface area (Å²) in [5, 5.41) is 4.22. The second-order valence-electron chi connectivity index (χ2n) is 4.81. The Kier molecular flexibility index (Phi) is 6.32. The van der Waals surface area contributed by atoms with Gasteiger partial charge in [0.2, 0.25) is 0 Å². The van der Waals surface area contributed by atoms with Crippen LogP contribution in [0.2, 0.25) is 0 Å². The topological polar surface area (TPSA) is 96.5 Å². The fourth-order valence-corrected chi connectivity index (χ4v) is 2.38. The molecule has 2 aromatic rings. The van der Waals surface area contributed by atoms with Gasteiger partial charge in [-0.15, -0.1) is 11.3 Å². The van der Waals surface area contributed by atoms with Crippen molar-refractivity contribution in [3.8, 4) is 5.75 Å². The van der Waals surface area contributed by atoms with Crippen molar-refractivity contribution in [1.82, 2.24) is 16.2 Å². The molecule has 3 amide bonds. The van der Waals surface area contributed by atoms with Gasteiger partial charge >= 0.3 is 0 Å². The van der Waals surface area contributed by atoms with Crippen LogP contribution in [0.5, 0.6) is 5.75 Å². The third-order valence-electron chi connectivity index (χ3n) is 2.95. The summed E-state index contributed by atoms with van der Waals surface area (Å²) in [7, 11) is 0. The average molecular weight is 347 g/mol. The number of nitrogens with one attached hydrogen (secondary N) is 3. The van der Waals surface area contributed by atoms with Crippen molar-refractivity contribution in [1.29, 1.82) is 0 Å². The minimum atomic E-state index is -0.538. The predicted octanol–water partition coefficient (Wildman–Crippen LogP) is 1.01. The highest BCUT2D eigenvalue weighted by Crippen LogP contribution is 2.15. The van der Waals surface area contributed by atoms with Gasteiger partial charge in [0.1, 0.15) is 5.75 Å². The second kappa shape index (κ2) is 8.68. The third-order valence-corrected chi connectivity index (χ3v) is 3.82. The lowest BCUT2D eigenvalue weighted by Crippen LogP contribution is -2.47. The number of rotatable bonds is 6. The van der Waals surface area contributed by atoms with Crippen molar-refractivity contribution in [3.63, 3.8) is 0 Å². The molecule has 7 nitrogen and oxygen atoms in total. The molecule has 8 heteroatoms. The van der Waals surface area contributed by atoms with E-state index >= 15 is 0 Å². The summed E-state index contributed by atoms with van der Waals surface area (Å²) in [5.74, 6) is -0.781. The van der Waals surface area contributed by atoms with E-state index in [2.05, 4.69) is 16.2 Å². The summed E-state index contributed by atoms with van der Waals surface area (Å²) < 4.78 is 5.35. The maximum Gasteiger partial charge on any atom is 0.276 e. The van der Waals surface area contributed by atoms with Gasteiger partial charge in [0, 0.05) is 0 Å². The van der Waals surface area contributed by atoms with Gasteiger partial charge < -0.3 is 10.1 Å². The number of benzene rings is 1. The van der Waals surface area contributed by atoms with Crippen molar-refractivity contribution >= 4 is 29.1 Å². The summed E-state index contributed by atoms with van der Waals surface area (Å²) in [4.78, 5) is 35.4. The molecule has 0 bridgehead atoms. The number of hydrogen-bond acceptors (Lipinski definition) is 5. The van der Waals surface area contributed by atoms with E-state index in [9.17, 15) is 14.4 Å². The molecular formula is C16H17N3O4S. The van der Waals surface area contributed by atoms with Gasteiger partial charge in [0.05, 0.1) is 11.4 Å². The molecule has 1 aromatic heterocycles. The highest BCUT2D eigenvalue weighted by Gasteiger charge is 2.10. The zero-order valence-electron chi connectivity index (χ0n) is 13.0. The zero-order chi connectivity index (χ0) is 17.4. The van der Waals surface area contributed by atoms with E-state index in [-0.39, 0.29) is 19.1 Å². The van der Waals surface area contributed by atoms with Crippen molar-refractivity contribution in [2.45, 2.75) is 6.92 Å². The molecule has 1 heterocycles. The SMILES string of the molecule is Cc1ccccc1OCC(=O)NNC(=O)CNC(=O)c1cccs1. The minimum absolute atomic E-state index is 0.229. The summed E-state index contributed by atoms with van der Waals surface area (Å²) in [6.07, 6.45) is 0. The van der Waals surface area contributed by atoms with E-state index < -0.39 is 11.8 Å². The van der Waals surface area contributed by atoms with Gasteiger partial charge in [-0.3, -0.25) is 25.2 Å². The highest BCUT2D eigenvalue weighted by atomic mass is 32.1. The van der Waals surface area contributed by atoms with Gasteiger partial charge in [0.25, 0.3) is 17.7 Å². The first kappa shape index (κ1) is 17.5. The lowest BCUT2D eigenvalue weighted by Gasteiger charge is -2.10. The van der Waals surface area contributed by atoms with Gasteiger partial charge in [0.15, 0.2) is 6.61 Å². The Balaban J connectivity index is 1.65. The molecule has 0 aliphatic heterocycles. The zero-order valence-corrected chi connectivity index (χ0v) is 13.8. The van der Waals surface area contributed by atoms with E-state index in [1.165, 1.54) is 11.3 Å². The molecule has 1 aromatic carbocycles. The lowest BCUT2D eigenvalue weighted by molar-refractivity contribution is -0.129. The summed E-state index contributed by atoms with van der Waals surface area (Å²) in [5.41, 5.74) is 5.33. The molecule has 0 fully saturated rings. The summed E-state index contributed by atoms with van der Waals surface area (Å²) in [6, 6.07) is 10.7. The van der Waals surface area contributed by atoms with Crippen molar-refractivity contribution in [3.05, 3.63) is 52.2 Å². The molecule has 0 radical (unpaired) electrons. The number of hydrogen-bond donors (Lipinski definition) is 3. The number of ether oxygens (including phenoxy) is 1. The van der Waals surface area contributed by atoms with Crippen LogP contribution in [0.15, 0.2) is 41.8 Å². The van der Waals surface area contributed by atoms with E-state index in [4.69, 9.17) is 4.74 Å². The van der Waals surface area contributed by atoms with E-state index in [1.807, 2.05) is 19.1 Å². The molecule has 0 saturated carbocycles. The predicted molar refractivity (Wildman–Crippen MR) is 89.6 cm³/mol. The molecule has 2 rings (SSSR count). The maximum atomic E-state index is 11.7. The Morgan fingerprint density at radius 3 is 2.50 bits per heavy atom. The van der Waals surface area contributed by atoms with Crippen LogP contribution in [-0.4, -0.2) is 30.9 Å². The Labute approximate surface area is 143 Å². The van der Waals surface area contributed by atoms with Gasteiger partial charge in [-0.05, 0) is 30.0 Å². The highest BCUT2D eigenvalue weighted by molar-refractivity contribution is 7.12. The fraction of sp³-hybridized carbons (Fsp3) is 0.188. The monoisotopic (exact) mass is 347 g/mol. The van der Waals surface area contributed by atoms with Crippen molar-refractivity contribution in [2.24, 2.45) is 0 Å². The number of para-hydroxylation sites is 1. The summed E-state index contributed by atoms with van der Waals surface area (Å²) >= 11 is 1.28. The molecule has 126 valence electrons. The van der Waals surface area contributed by atoms with Gasteiger partial charge in [-0.1, -0.05) is 24.3 Å². The molecule has 24 heavy (non-hydrogen) atoms. The molecule has 0 spiro atoms. The first-order valence-electron chi connectivity index (χ1n) is 7.14. The molecule has 0 aliphatic carbocycles. The van der Waals surface area contributed by atoms with Crippen LogP contribution in [0.25, 0.3) is 0 Å². The second-order valence-corrected chi connectivity index (χ2v) is 5.76. The van der Waals surface area contributed by atoms with Crippen LogP contribution in [0.3, 0.4) is 0 Å². The standard InChI is InChI=1S/C16H17N3O4S/c1-11-5-2-3-6-12(11)23-10-15(21)19-18-14(20)9-17-16(22)13-7-4-8-24-13/h2-8H,9-10H2,1H3,(H,17,22)(H,18,20)(H,19,21). The van der Waals surface area contributed by atoms with E-state index in [1.54, 1.807) is 29.6 Å². The number of aryl methyl sites for hydroxylation is 1. The number of carbonyl (C=O) groups is 3. The first-order valence-corrected chi connectivity index (χ1v) is 8.02. The Morgan fingerprint density at radius 1 is 1.04 bits per heavy atom. The van der Waals surface area contributed by atoms with E-state index in [0.717, 1.165) is 5.56 Å². The Hall–Kier alpha value is -2.87. The molecule has 0 aliphatic rings. The summed E-state index contributed by atoms with van der Waals surface area (Å²) in [6.45, 7) is 1.40. The molecular weight excluding hydrogens is 330 g/mol. The largest absolute Gasteiger partial charge is 0.483 e. The van der Waals surface area contributed by atoms with Crippen LogP contribution >= 0.6 is 11.3 Å². The Bertz CT molecular complexity index is 716. The molecule has 0 atom stereocenters. The Morgan fingerprint density at radius 2 is 1.79 bits per heavy atom. The van der Waals surface area contributed by atoms with Crippen LogP contribution in [0.1, 0.15) is 15.2 Å². The van der Waals surface area contributed by atoms with E-state index in [0.29, 0.717) is 10.6 Å². The molecule has 0 saturated heterocycles. The lowest BCUT2D eigenvalue weighted by atomic mass is 10.2. The maximum absolute atomic E-state index is 11.7. The van der Waals surface area contributed by atoms with Crippen LogP contribution < -0.4 is 20.9 Å². The number of thiophene rings is 1. The van der Waals surface area contributed by atoms with Crippen LogP contribution in [-0.2, 0) is 9.59 Å². The molecule has 0 unspecified atom stereocenters. The van der Waals surface area contributed by atoms with Gasteiger partial charge in [-0.25, -0.2) is 0 Å². The quantitative estimate of drug-likeness (QED) is 0.680.